The summed E-state index contributed by atoms with van der Waals surface area (Å²) < 4.78 is 12.3. The van der Waals surface area contributed by atoms with E-state index in [-0.39, 0.29) is 0 Å². The maximum Gasteiger partial charge on any atom is 0.112 e. The van der Waals surface area contributed by atoms with Gasteiger partial charge in [-0.25, -0.2) is 0 Å². The van der Waals surface area contributed by atoms with Crippen molar-refractivity contribution in [3.05, 3.63) is 29.8 Å². The summed E-state index contributed by atoms with van der Waals surface area (Å²) in [6.45, 7) is 6.08. The van der Waals surface area contributed by atoms with E-state index in [9.17, 15) is 4.57 Å². The maximum absolute atomic E-state index is 12.3. The van der Waals surface area contributed by atoms with Crippen molar-refractivity contribution in [1.29, 1.82) is 0 Å². The molecule has 0 saturated heterocycles. The Morgan fingerprint density at radius 3 is 2.29 bits per heavy atom. The fourth-order valence-corrected chi connectivity index (χ4v) is 3.41. The third-order valence-corrected chi connectivity index (χ3v) is 5.08. The standard InChI is InChI=1S/C12H19OP/c1-4-5-10-14(3,13)12-8-6-11(2)7-9-12/h6-9H,4-5,10H2,1-3H3. The fraction of sp³-hybridized carbons (Fsp3) is 0.500. The summed E-state index contributed by atoms with van der Waals surface area (Å²) in [5, 5.41) is 1.02. The molecule has 0 bridgehead atoms. The second-order valence-corrected chi connectivity index (χ2v) is 7.18. The predicted molar refractivity (Wildman–Crippen MR) is 64.1 cm³/mol. The number of rotatable bonds is 4. The van der Waals surface area contributed by atoms with E-state index in [0.29, 0.717) is 0 Å². The first kappa shape index (κ1) is 11.5. The van der Waals surface area contributed by atoms with Gasteiger partial charge in [0.15, 0.2) is 0 Å². The van der Waals surface area contributed by atoms with E-state index in [1.807, 2.05) is 30.9 Å². The minimum Gasteiger partial charge on any atom is -0.319 e. The van der Waals surface area contributed by atoms with Gasteiger partial charge in [-0.2, -0.15) is 0 Å². The topological polar surface area (TPSA) is 17.1 Å². The van der Waals surface area contributed by atoms with E-state index in [1.165, 1.54) is 5.56 Å². The highest BCUT2D eigenvalue weighted by molar-refractivity contribution is 7.70. The zero-order chi connectivity index (χ0) is 10.6. The molecule has 0 fully saturated rings. The molecule has 0 heterocycles. The summed E-state index contributed by atoms with van der Waals surface area (Å²) in [7, 11) is -2.08. The summed E-state index contributed by atoms with van der Waals surface area (Å²) in [5.41, 5.74) is 1.23. The van der Waals surface area contributed by atoms with Crippen molar-refractivity contribution >= 4 is 12.4 Å². The van der Waals surface area contributed by atoms with E-state index < -0.39 is 7.14 Å². The fourth-order valence-electron chi connectivity index (χ4n) is 1.45. The molecule has 1 nitrogen and oxygen atoms in total. The first-order chi connectivity index (χ1) is 6.56. The molecular weight excluding hydrogens is 191 g/mol. The van der Waals surface area contributed by atoms with Crippen LogP contribution < -0.4 is 5.30 Å². The van der Waals surface area contributed by atoms with Gasteiger partial charge in [0.1, 0.15) is 7.14 Å². The third kappa shape index (κ3) is 2.99. The molecule has 14 heavy (non-hydrogen) atoms. The van der Waals surface area contributed by atoms with Crippen LogP contribution >= 0.6 is 7.14 Å². The lowest BCUT2D eigenvalue weighted by Crippen LogP contribution is -2.06. The Labute approximate surface area is 86.9 Å². The first-order valence-corrected chi connectivity index (χ1v) is 7.54. The highest BCUT2D eigenvalue weighted by Gasteiger charge is 2.16. The van der Waals surface area contributed by atoms with Crippen molar-refractivity contribution in [2.45, 2.75) is 26.7 Å². The molecule has 0 saturated carbocycles. The molecule has 0 aliphatic rings. The molecule has 0 radical (unpaired) electrons. The lowest BCUT2D eigenvalue weighted by molar-refractivity contribution is 0.582. The van der Waals surface area contributed by atoms with Crippen LogP contribution in [0.1, 0.15) is 25.3 Å². The monoisotopic (exact) mass is 210 g/mol. The van der Waals surface area contributed by atoms with Crippen LogP contribution in [0.15, 0.2) is 24.3 Å². The van der Waals surface area contributed by atoms with Gasteiger partial charge in [0.05, 0.1) is 0 Å². The summed E-state index contributed by atoms with van der Waals surface area (Å²) in [4.78, 5) is 0. The lowest BCUT2D eigenvalue weighted by atomic mass is 10.2. The van der Waals surface area contributed by atoms with Crippen LogP contribution in [0, 0.1) is 6.92 Å². The van der Waals surface area contributed by atoms with Gasteiger partial charge >= 0.3 is 0 Å². The van der Waals surface area contributed by atoms with Crippen molar-refractivity contribution in [3.63, 3.8) is 0 Å². The maximum atomic E-state index is 12.3. The Morgan fingerprint density at radius 2 is 1.79 bits per heavy atom. The molecule has 1 atom stereocenters. The van der Waals surface area contributed by atoms with Gasteiger partial charge in [-0.3, -0.25) is 0 Å². The molecular formula is C12H19OP. The molecule has 1 aromatic rings. The van der Waals surface area contributed by atoms with Gasteiger partial charge in [-0.1, -0.05) is 43.2 Å². The Bertz CT molecular complexity index is 327. The van der Waals surface area contributed by atoms with Gasteiger partial charge in [-0.05, 0) is 20.0 Å². The van der Waals surface area contributed by atoms with Crippen LogP contribution in [0.5, 0.6) is 0 Å². The number of aryl methyl sites for hydroxylation is 1. The zero-order valence-corrected chi connectivity index (χ0v) is 10.2. The largest absolute Gasteiger partial charge is 0.319 e. The molecule has 1 aromatic carbocycles. The third-order valence-electron chi connectivity index (χ3n) is 2.52. The molecule has 0 N–H and O–H groups in total. The summed E-state index contributed by atoms with van der Waals surface area (Å²) in [5.74, 6) is 0. The predicted octanol–water partition coefficient (Wildman–Crippen LogP) is 3.41. The van der Waals surface area contributed by atoms with Gasteiger partial charge in [0.25, 0.3) is 0 Å². The highest BCUT2D eigenvalue weighted by atomic mass is 31.2. The van der Waals surface area contributed by atoms with Gasteiger partial charge in [0.2, 0.25) is 0 Å². The smallest absolute Gasteiger partial charge is 0.112 e. The Morgan fingerprint density at radius 1 is 1.21 bits per heavy atom. The molecule has 0 aromatic heterocycles. The van der Waals surface area contributed by atoms with E-state index in [2.05, 4.69) is 13.8 Å². The van der Waals surface area contributed by atoms with Gasteiger partial charge < -0.3 is 4.57 Å². The minimum atomic E-state index is -2.08. The van der Waals surface area contributed by atoms with E-state index in [0.717, 1.165) is 24.3 Å². The Balaban J connectivity index is 2.81. The lowest BCUT2D eigenvalue weighted by Gasteiger charge is -2.12. The molecule has 0 aliphatic heterocycles. The minimum absolute atomic E-state index is 0.840. The number of benzene rings is 1. The molecule has 2 heteroatoms. The van der Waals surface area contributed by atoms with E-state index >= 15 is 0 Å². The summed E-state index contributed by atoms with van der Waals surface area (Å²) >= 11 is 0. The molecule has 78 valence electrons. The molecule has 1 unspecified atom stereocenters. The highest BCUT2D eigenvalue weighted by Crippen LogP contribution is 2.40. The van der Waals surface area contributed by atoms with E-state index in [4.69, 9.17) is 0 Å². The molecule has 1 rings (SSSR count). The normalized spacial score (nSPS) is 15.1. The Kier molecular flexibility index (Phi) is 3.95. The zero-order valence-electron chi connectivity index (χ0n) is 9.29. The van der Waals surface area contributed by atoms with Crippen LogP contribution in [0.2, 0.25) is 0 Å². The van der Waals surface area contributed by atoms with Crippen LogP contribution in [-0.4, -0.2) is 12.8 Å². The van der Waals surface area contributed by atoms with Crippen LogP contribution in [0.4, 0.5) is 0 Å². The van der Waals surface area contributed by atoms with Crippen LogP contribution in [0.3, 0.4) is 0 Å². The van der Waals surface area contributed by atoms with Crippen molar-refractivity contribution in [3.8, 4) is 0 Å². The second-order valence-electron chi connectivity index (χ2n) is 4.01. The van der Waals surface area contributed by atoms with Crippen molar-refractivity contribution in [2.24, 2.45) is 0 Å². The Hall–Kier alpha value is -0.550. The number of unbranched alkanes of at least 4 members (excludes halogenated alkanes) is 1. The first-order valence-electron chi connectivity index (χ1n) is 5.20. The summed E-state index contributed by atoms with van der Waals surface area (Å²) in [6.07, 6.45) is 3.01. The molecule has 0 aliphatic carbocycles. The van der Waals surface area contributed by atoms with Crippen molar-refractivity contribution in [2.75, 3.05) is 12.8 Å². The van der Waals surface area contributed by atoms with Crippen LogP contribution in [0.25, 0.3) is 0 Å². The average Bonchev–Trinajstić information content (AvgIpc) is 2.16. The number of hydrogen-bond donors (Lipinski definition) is 0. The summed E-state index contributed by atoms with van der Waals surface area (Å²) in [6, 6.07) is 8.09. The average molecular weight is 210 g/mol. The van der Waals surface area contributed by atoms with Gasteiger partial charge in [0, 0.05) is 11.5 Å². The molecule has 0 amide bonds. The van der Waals surface area contributed by atoms with E-state index in [1.54, 1.807) is 0 Å². The molecule has 0 spiro atoms. The SMILES string of the molecule is CCCCP(C)(=O)c1ccc(C)cc1. The van der Waals surface area contributed by atoms with Crippen LogP contribution in [-0.2, 0) is 4.57 Å². The second kappa shape index (κ2) is 4.79. The van der Waals surface area contributed by atoms with Crippen molar-refractivity contribution < 1.29 is 4.57 Å². The van der Waals surface area contributed by atoms with Crippen molar-refractivity contribution in [1.82, 2.24) is 0 Å². The number of hydrogen-bond acceptors (Lipinski definition) is 1. The quantitative estimate of drug-likeness (QED) is 0.696. The van der Waals surface area contributed by atoms with Gasteiger partial charge in [-0.15, -0.1) is 0 Å².